The number of nitrogens with zero attached hydrogens (tertiary/aromatic N) is 6. The molecule has 3 rings (SSSR count). The van der Waals surface area contributed by atoms with Crippen molar-refractivity contribution in [1.82, 2.24) is 19.3 Å². The minimum Gasteiger partial charge on any atom is -0.352 e. The third-order valence-corrected chi connectivity index (χ3v) is 5.15. The zero-order valence-electron chi connectivity index (χ0n) is 18.0. The average Bonchev–Trinajstić information content (AvgIpc) is 3.04. The van der Waals surface area contributed by atoms with Crippen molar-refractivity contribution in [2.24, 2.45) is 24.1 Å². The van der Waals surface area contributed by atoms with Crippen LogP contribution in [0, 0.1) is 27.7 Å². The molecule has 0 fully saturated rings. The molecule has 0 saturated carbocycles. The van der Waals surface area contributed by atoms with Crippen LogP contribution in [0.3, 0.4) is 0 Å². The molecule has 0 unspecified atom stereocenters. The Morgan fingerprint density at radius 3 is 1.89 bits per heavy atom. The van der Waals surface area contributed by atoms with Crippen LogP contribution in [0.25, 0.3) is 0 Å². The van der Waals surface area contributed by atoms with Crippen LogP contribution >= 0.6 is 0 Å². The van der Waals surface area contributed by atoms with Crippen molar-refractivity contribution in [1.29, 1.82) is 0 Å². The predicted molar refractivity (Wildman–Crippen MR) is 116 cm³/mol. The monoisotopic (exact) mass is 376 g/mol. The van der Waals surface area contributed by atoms with E-state index in [0.29, 0.717) is 0 Å². The molecule has 6 nitrogen and oxygen atoms in total. The fourth-order valence-corrected chi connectivity index (χ4v) is 3.28. The Morgan fingerprint density at radius 2 is 1.43 bits per heavy atom. The van der Waals surface area contributed by atoms with E-state index >= 15 is 0 Å². The van der Waals surface area contributed by atoms with Gasteiger partial charge in [-0.15, -0.1) is 0 Å². The zero-order chi connectivity index (χ0) is 20.6. The molecule has 0 bridgehead atoms. The molecule has 146 valence electrons. The van der Waals surface area contributed by atoms with Crippen molar-refractivity contribution < 1.29 is 0 Å². The quantitative estimate of drug-likeness (QED) is 0.621. The molecule has 3 aromatic heterocycles. The number of rotatable bonds is 4. The standard InChI is InChI=1S/C22H28N6/c1-13-12-27(7)17(5)21(13)23-14(2)19-10-9-11-20(25-19)15(3)24-22-16(4)26-28(8)18(22)6/h9-12H,1-8H3/b23-14+,24-15+. The number of aliphatic imine (C=N–C) groups is 2. The van der Waals surface area contributed by atoms with Crippen LogP contribution in [-0.4, -0.2) is 30.8 Å². The van der Waals surface area contributed by atoms with Crippen molar-refractivity contribution in [2.45, 2.75) is 41.5 Å². The van der Waals surface area contributed by atoms with E-state index in [1.54, 1.807) is 0 Å². The normalized spacial score (nSPS) is 12.7. The number of aryl methyl sites for hydroxylation is 4. The lowest BCUT2D eigenvalue weighted by atomic mass is 10.2. The maximum Gasteiger partial charge on any atom is 0.107 e. The van der Waals surface area contributed by atoms with Crippen LogP contribution in [0.2, 0.25) is 0 Å². The highest BCUT2D eigenvalue weighted by Crippen LogP contribution is 2.26. The highest BCUT2D eigenvalue weighted by molar-refractivity contribution is 6.02. The van der Waals surface area contributed by atoms with Gasteiger partial charge in [0.25, 0.3) is 0 Å². The maximum absolute atomic E-state index is 4.85. The third kappa shape index (κ3) is 3.67. The largest absolute Gasteiger partial charge is 0.352 e. The van der Waals surface area contributed by atoms with Crippen LogP contribution in [-0.2, 0) is 14.1 Å². The summed E-state index contributed by atoms with van der Waals surface area (Å²) in [6, 6.07) is 5.98. The number of hydrogen-bond acceptors (Lipinski definition) is 4. The molecule has 0 saturated heterocycles. The van der Waals surface area contributed by atoms with Gasteiger partial charge in [-0.3, -0.25) is 4.68 Å². The highest BCUT2D eigenvalue weighted by Gasteiger charge is 2.11. The van der Waals surface area contributed by atoms with Gasteiger partial charge in [0.05, 0.1) is 39.9 Å². The molecular weight excluding hydrogens is 348 g/mol. The van der Waals surface area contributed by atoms with E-state index in [4.69, 9.17) is 15.0 Å². The third-order valence-electron chi connectivity index (χ3n) is 5.15. The molecule has 0 amide bonds. The van der Waals surface area contributed by atoms with Gasteiger partial charge in [-0.05, 0) is 59.2 Å². The van der Waals surface area contributed by atoms with E-state index in [9.17, 15) is 0 Å². The lowest BCUT2D eigenvalue weighted by Gasteiger charge is -2.06. The Hall–Kier alpha value is -3.02. The summed E-state index contributed by atoms with van der Waals surface area (Å²) in [7, 11) is 3.97. The lowest BCUT2D eigenvalue weighted by Crippen LogP contribution is -2.05. The van der Waals surface area contributed by atoms with Gasteiger partial charge in [0, 0.05) is 26.0 Å². The predicted octanol–water partition coefficient (Wildman–Crippen LogP) is 4.67. The van der Waals surface area contributed by atoms with Crippen LogP contribution in [0.5, 0.6) is 0 Å². The SMILES string of the molecule is C/C(=N\c1c(C)cn(C)c1C)c1cccc(/C(C)=N/c2c(C)nn(C)c2C)n1. The van der Waals surface area contributed by atoms with Crippen molar-refractivity contribution in [3.8, 4) is 0 Å². The Bertz CT molecular complexity index is 1010. The van der Waals surface area contributed by atoms with E-state index in [2.05, 4.69) is 29.7 Å². The first kappa shape index (κ1) is 19.7. The van der Waals surface area contributed by atoms with E-state index in [1.807, 2.05) is 64.7 Å². The number of aromatic nitrogens is 4. The van der Waals surface area contributed by atoms with Crippen LogP contribution in [0.1, 0.15) is 47.9 Å². The maximum atomic E-state index is 4.85. The molecule has 0 radical (unpaired) electrons. The van der Waals surface area contributed by atoms with Crippen LogP contribution in [0.4, 0.5) is 11.4 Å². The molecule has 0 atom stereocenters. The summed E-state index contributed by atoms with van der Waals surface area (Å²) >= 11 is 0. The second-order valence-corrected chi connectivity index (χ2v) is 7.30. The van der Waals surface area contributed by atoms with Crippen molar-refractivity contribution >= 4 is 22.8 Å². The molecule has 0 aromatic carbocycles. The van der Waals surface area contributed by atoms with Gasteiger partial charge in [-0.2, -0.15) is 5.10 Å². The fraction of sp³-hybridized carbons (Fsp3) is 0.364. The first-order valence-electron chi connectivity index (χ1n) is 9.40. The van der Waals surface area contributed by atoms with Crippen LogP contribution in [0.15, 0.2) is 34.4 Å². The number of pyridine rings is 1. The fourth-order valence-electron chi connectivity index (χ4n) is 3.28. The molecular formula is C22H28N6. The van der Waals surface area contributed by atoms with E-state index in [1.165, 1.54) is 0 Å². The highest BCUT2D eigenvalue weighted by atomic mass is 15.3. The molecule has 0 aliphatic rings. The molecule has 3 aromatic rings. The van der Waals surface area contributed by atoms with Gasteiger partial charge >= 0.3 is 0 Å². The van der Waals surface area contributed by atoms with E-state index in [0.717, 1.165) is 56.8 Å². The van der Waals surface area contributed by atoms with Crippen molar-refractivity contribution in [3.05, 3.63) is 58.4 Å². The van der Waals surface area contributed by atoms with E-state index in [-0.39, 0.29) is 0 Å². The van der Waals surface area contributed by atoms with Gasteiger partial charge in [0.1, 0.15) is 5.69 Å². The first-order valence-corrected chi connectivity index (χ1v) is 9.40. The van der Waals surface area contributed by atoms with Gasteiger partial charge in [-0.1, -0.05) is 6.07 Å². The summed E-state index contributed by atoms with van der Waals surface area (Å²) in [4.78, 5) is 14.4. The Morgan fingerprint density at radius 1 is 0.857 bits per heavy atom. The second kappa shape index (κ2) is 7.54. The zero-order valence-corrected chi connectivity index (χ0v) is 18.0. The average molecular weight is 377 g/mol. The summed E-state index contributed by atoms with van der Waals surface area (Å²) in [6.45, 7) is 12.1. The Balaban J connectivity index is 1.98. The minimum atomic E-state index is 0.844. The van der Waals surface area contributed by atoms with Gasteiger partial charge in [0.15, 0.2) is 0 Å². The summed E-state index contributed by atoms with van der Waals surface area (Å²) in [5.41, 5.74) is 9.65. The molecule has 0 aliphatic heterocycles. The Kier molecular flexibility index (Phi) is 5.31. The second-order valence-electron chi connectivity index (χ2n) is 7.30. The molecule has 28 heavy (non-hydrogen) atoms. The summed E-state index contributed by atoms with van der Waals surface area (Å²) < 4.78 is 3.95. The van der Waals surface area contributed by atoms with Crippen molar-refractivity contribution in [3.63, 3.8) is 0 Å². The van der Waals surface area contributed by atoms with Crippen molar-refractivity contribution in [2.75, 3.05) is 0 Å². The Labute approximate surface area is 166 Å². The van der Waals surface area contributed by atoms with Gasteiger partial charge in [-0.25, -0.2) is 15.0 Å². The molecule has 0 spiro atoms. The molecule has 3 heterocycles. The molecule has 0 N–H and O–H groups in total. The lowest BCUT2D eigenvalue weighted by molar-refractivity contribution is 0.731. The molecule has 6 heteroatoms. The van der Waals surface area contributed by atoms with Gasteiger partial charge < -0.3 is 4.57 Å². The summed E-state index contributed by atoms with van der Waals surface area (Å²) in [5, 5.41) is 4.44. The number of hydrogen-bond donors (Lipinski definition) is 0. The van der Waals surface area contributed by atoms with E-state index < -0.39 is 0 Å². The first-order chi connectivity index (χ1) is 13.2. The topological polar surface area (TPSA) is 60.4 Å². The summed E-state index contributed by atoms with van der Waals surface area (Å²) in [6.07, 6.45) is 2.10. The minimum absolute atomic E-state index is 0.844. The smallest absolute Gasteiger partial charge is 0.107 e. The summed E-state index contributed by atoms with van der Waals surface area (Å²) in [5.74, 6) is 0. The molecule has 0 aliphatic carbocycles. The van der Waals surface area contributed by atoms with Gasteiger partial charge in [0.2, 0.25) is 0 Å². The van der Waals surface area contributed by atoms with Crippen LogP contribution < -0.4 is 0 Å².